The molecule has 0 bridgehead atoms. The van der Waals surface area contributed by atoms with E-state index in [0.29, 0.717) is 17.7 Å². The summed E-state index contributed by atoms with van der Waals surface area (Å²) < 4.78 is 4.42. The molecule has 57 heavy (non-hydrogen) atoms. The zero-order chi connectivity index (χ0) is 37.5. The standard InChI is InChI=1S/C51H33N5Si/c1-2-18-34(19-3-1)57(46-31-15-8-24-39(46)40-25-9-16-32-47(40)57)48-33-17-10-26-41(48)49-52-50(55-42-27-11-4-20-35(42)36-21-5-12-28-43(36)55)54-51(53-49)56-44-29-13-6-22-37(44)38-23-7-14-30-45(38)56/h1-33H/q-1. The Morgan fingerprint density at radius 3 is 1.07 bits per heavy atom. The van der Waals surface area contributed by atoms with Crippen molar-refractivity contribution < 1.29 is 0 Å². The summed E-state index contributed by atoms with van der Waals surface area (Å²) in [6.45, 7) is 0. The first-order valence-corrected chi connectivity index (χ1v) is 21.4. The van der Waals surface area contributed by atoms with E-state index in [9.17, 15) is 0 Å². The first kappa shape index (κ1) is 31.9. The van der Waals surface area contributed by atoms with Crippen LogP contribution in [0.3, 0.4) is 0 Å². The third-order valence-electron chi connectivity index (χ3n) is 11.9. The zero-order valence-corrected chi connectivity index (χ0v) is 31.8. The van der Waals surface area contributed by atoms with Crippen LogP contribution in [0.4, 0.5) is 0 Å². The van der Waals surface area contributed by atoms with Gasteiger partial charge in [-0.2, -0.15) is 35.7 Å². The molecule has 11 aromatic rings. The summed E-state index contributed by atoms with van der Waals surface area (Å²) in [6, 6.07) is 72.1. The molecule has 0 spiro atoms. The second-order valence-electron chi connectivity index (χ2n) is 14.8. The van der Waals surface area contributed by atoms with Crippen LogP contribution in [0.1, 0.15) is 0 Å². The van der Waals surface area contributed by atoms with Crippen LogP contribution in [0.25, 0.3) is 78.0 Å². The van der Waals surface area contributed by atoms with Crippen molar-refractivity contribution in [1.82, 2.24) is 24.1 Å². The van der Waals surface area contributed by atoms with E-state index in [2.05, 4.69) is 209 Å². The van der Waals surface area contributed by atoms with Crippen LogP contribution in [-0.2, 0) is 0 Å². The number of hydrogen-bond donors (Lipinski definition) is 0. The first-order chi connectivity index (χ1) is 28.3. The Morgan fingerprint density at radius 2 is 0.632 bits per heavy atom. The second-order valence-corrected chi connectivity index (χ2v) is 18.4. The first-order valence-electron chi connectivity index (χ1n) is 19.4. The van der Waals surface area contributed by atoms with Crippen molar-refractivity contribution >= 4 is 72.4 Å². The Labute approximate surface area is 329 Å². The maximum atomic E-state index is 5.53. The Kier molecular flexibility index (Phi) is 6.88. The number of para-hydroxylation sites is 4. The molecule has 1 aliphatic rings. The minimum atomic E-state index is -2.91. The lowest BCUT2D eigenvalue weighted by Gasteiger charge is -2.45. The average molecular weight is 744 g/mol. The summed E-state index contributed by atoms with van der Waals surface area (Å²) >= 11 is 0. The number of fused-ring (bicyclic) bond motifs is 9. The van der Waals surface area contributed by atoms with Crippen LogP contribution in [-0.4, -0.2) is 32.2 Å². The van der Waals surface area contributed by atoms with Crippen LogP contribution in [0.2, 0.25) is 0 Å². The van der Waals surface area contributed by atoms with Crippen LogP contribution < -0.4 is 20.7 Å². The molecule has 0 unspecified atom stereocenters. The summed E-state index contributed by atoms with van der Waals surface area (Å²) in [7, 11) is -2.91. The zero-order valence-electron chi connectivity index (χ0n) is 30.8. The normalized spacial score (nSPS) is 13.1. The van der Waals surface area contributed by atoms with Crippen molar-refractivity contribution in [1.29, 1.82) is 0 Å². The van der Waals surface area contributed by atoms with Crippen molar-refractivity contribution in [3.05, 3.63) is 200 Å². The van der Waals surface area contributed by atoms with Gasteiger partial charge in [-0.3, -0.25) is 9.13 Å². The molecule has 0 saturated heterocycles. The highest BCUT2D eigenvalue weighted by atomic mass is 28.3. The number of benzene rings is 8. The van der Waals surface area contributed by atoms with Crippen molar-refractivity contribution in [2.75, 3.05) is 0 Å². The number of rotatable bonds is 5. The molecule has 0 aliphatic carbocycles. The molecular weight excluding hydrogens is 711 g/mol. The molecule has 1 aliphatic heterocycles. The van der Waals surface area contributed by atoms with E-state index in [1.54, 1.807) is 0 Å². The minimum Gasteiger partial charge on any atom is -0.278 e. The summed E-state index contributed by atoms with van der Waals surface area (Å²) in [5.74, 6) is 1.79. The Bertz CT molecular complexity index is 3100. The van der Waals surface area contributed by atoms with Crippen LogP contribution in [0.15, 0.2) is 200 Å². The third-order valence-corrected chi connectivity index (χ3v) is 16.8. The maximum absolute atomic E-state index is 5.53. The van der Waals surface area contributed by atoms with Gasteiger partial charge in [0.05, 0.1) is 22.1 Å². The molecule has 0 amide bonds. The van der Waals surface area contributed by atoms with Gasteiger partial charge in [0.25, 0.3) is 0 Å². The molecule has 3 aromatic heterocycles. The van der Waals surface area contributed by atoms with E-state index in [-0.39, 0.29) is 0 Å². The Morgan fingerprint density at radius 1 is 0.298 bits per heavy atom. The van der Waals surface area contributed by atoms with Gasteiger partial charge in [0.1, 0.15) is 0 Å². The highest BCUT2D eigenvalue weighted by Crippen LogP contribution is 2.35. The van der Waals surface area contributed by atoms with Gasteiger partial charge in [-0.25, -0.2) is 0 Å². The van der Waals surface area contributed by atoms with E-state index in [4.69, 9.17) is 15.0 Å². The monoisotopic (exact) mass is 743 g/mol. The maximum Gasteiger partial charge on any atom is 0.240 e. The predicted molar refractivity (Wildman–Crippen MR) is 237 cm³/mol. The molecule has 0 atom stereocenters. The molecule has 267 valence electrons. The molecule has 8 aromatic carbocycles. The number of hydrogen-bond acceptors (Lipinski definition) is 3. The molecule has 4 heterocycles. The largest absolute Gasteiger partial charge is 0.278 e. The lowest BCUT2D eigenvalue weighted by molar-refractivity contribution is 0.893. The van der Waals surface area contributed by atoms with Gasteiger partial charge in [0.15, 0.2) is 5.82 Å². The van der Waals surface area contributed by atoms with Crippen molar-refractivity contribution in [3.63, 3.8) is 0 Å². The third kappa shape index (κ3) is 4.47. The van der Waals surface area contributed by atoms with Gasteiger partial charge in [-0.1, -0.05) is 187 Å². The van der Waals surface area contributed by atoms with Crippen LogP contribution >= 0.6 is 0 Å². The average Bonchev–Trinajstić information content (AvgIpc) is 3.91. The molecule has 0 radical (unpaired) electrons. The molecule has 5 nitrogen and oxygen atoms in total. The molecular formula is C51H33N5Si-. The molecule has 0 saturated carbocycles. The van der Waals surface area contributed by atoms with Gasteiger partial charge in [-0.15, -0.1) is 0 Å². The summed E-state index contributed by atoms with van der Waals surface area (Å²) in [5, 5.41) is 9.96. The van der Waals surface area contributed by atoms with E-state index in [1.165, 1.54) is 31.9 Å². The van der Waals surface area contributed by atoms with Gasteiger partial charge < -0.3 is 0 Å². The summed E-state index contributed by atoms with van der Waals surface area (Å²) in [4.78, 5) is 16.5. The molecule has 6 heteroatoms. The molecule has 0 fully saturated rings. The van der Waals surface area contributed by atoms with Crippen molar-refractivity contribution in [3.8, 4) is 34.4 Å². The van der Waals surface area contributed by atoms with Gasteiger partial charge >= 0.3 is 0 Å². The minimum absolute atomic E-state index is 0.576. The highest BCUT2D eigenvalue weighted by molar-refractivity contribution is 7.22. The smallest absolute Gasteiger partial charge is 0.240 e. The highest BCUT2D eigenvalue weighted by Gasteiger charge is 2.38. The van der Waals surface area contributed by atoms with Crippen LogP contribution in [0, 0.1) is 0 Å². The lowest BCUT2D eigenvalue weighted by Crippen LogP contribution is -2.73. The summed E-state index contributed by atoms with van der Waals surface area (Å²) in [6.07, 6.45) is 0. The van der Waals surface area contributed by atoms with E-state index < -0.39 is 8.07 Å². The molecule has 12 rings (SSSR count). The van der Waals surface area contributed by atoms with E-state index in [1.807, 2.05) is 0 Å². The van der Waals surface area contributed by atoms with E-state index in [0.717, 1.165) is 49.2 Å². The summed E-state index contributed by atoms with van der Waals surface area (Å²) in [5.41, 5.74) is 7.79. The SMILES string of the molecule is c1ccc([Si-]2(c3ccccc3-c3nc(-n4c5ccccc5c5ccccc54)nc(-n4c5ccccc5c5ccccc54)n3)c3ccccc3-c3ccccc32)cc1. The number of nitrogens with zero attached hydrogens (tertiary/aromatic N) is 5. The van der Waals surface area contributed by atoms with Crippen molar-refractivity contribution in [2.24, 2.45) is 0 Å². The van der Waals surface area contributed by atoms with Gasteiger partial charge in [0.2, 0.25) is 11.9 Å². The fraction of sp³-hybridized carbons (Fsp3) is 0. The topological polar surface area (TPSA) is 48.5 Å². The van der Waals surface area contributed by atoms with Crippen LogP contribution in [0.5, 0.6) is 0 Å². The fourth-order valence-electron chi connectivity index (χ4n) is 9.64. The molecule has 0 N–H and O–H groups in total. The van der Waals surface area contributed by atoms with Gasteiger partial charge in [0, 0.05) is 21.5 Å². The van der Waals surface area contributed by atoms with E-state index >= 15 is 0 Å². The lowest BCUT2D eigenvalue weighted by atomic mass is 10.1. The Hall–Kier alpha value is -7.41. The van der Waals surface area contributed by atoms with Gasteiger partial charge in [-0.05, 0) is 37.9 Å². The second kappa shape index (κ2) is 12.3. The van der Waals surface area contributed by atoms with Crippen molar-refractivity contribution in [2.45, 2.75) is 0 Å². The Balaban J connectivity index is 1.22. The predicted octanol–water partition coefficient (Wildman–Crippen LogP) is 9.09. The quantitative estimate of drug-likeness (QED) is 0.165. The number of aromatic nitrogens is 5. The fourth-order valence-corrected chi connectivity index (χ4v) is 15.0.